The molecule has 1 aliphatic heterocycles. The summed E-state index contributed by atoms with van der Waals surface area (Å²) < 4.78 is 0. The number of carbonyl (C=O) groups excluding carboxylic acids is 3. The minimum Gasteiger partial charge on any atom is -0.355 e. The quantitative estimate of drug-likeness (QED) is 0.820. The van der Waals surface area contributed by atoms with Crippen molar-refractivity contribution < 1.29 is 14.4 Å². The second-order valence-electron chi connectivity index (χ2n) is 7.81. The molecular weight excluding hydrogens is 344 g/mol. The van der Waals surface area contributed by atoms with E-state index in [4.69, 9.17) is 0 Å². The van der Waals surface area contributed by atoms with E-state index in [1.807, 2.05) is 27.7 Å². The predicted octanol–water partition coefficient (Wildman–Crippen LogP) is 1.57. The summed E-state index contributed by atoms with van der Waals surface area (Å²) in [6.07, 6.45) is 0. The molecule has 2 rings (SSSR count). The fourth-order valence-corrected chi connectivity index (χ4v) is 2.80. The van der Waals surface area contributed by atoms with E-state index < -0.39 is 5.41 Å². The molecule has 1 aliphatic rings. The van der Waals surface area contributed by atoms with Crippen LogP contribution in [-0.4, -0.2) is 66.8 Å². The van der Waals surface area contributed by atoms with Gasteiger partial charge in [-0.3, -0.25) is 19.3 Å². The van der Waals surface area contributed by atoms with Crippen molar-refractivity contribution in [1.29, 1.82) is 0 Å². The van der Waals surface area contributed by atoms with Gasteiger partial charge in [-0.2, -0.15) is 0 Å². The van der Waals surface area contributed by atoms with Crippen LogP contribution in [0.2, 0.25) is 0 Å². The summed E-state index contributed by atoms with van der Waals surface area (Å²) in [6, 6.07) is 7.03. The molecule has 1 heterocycles. The highest BCUT2D eigenvalue weighted by molar-refractivity contribution is 5.98. The Morgan fingerprint density at radius 2 is 1.74 bits per heavy atom. The second-order valence-corrected chi connectivity index (χ2v) is 7.81. The summed E-state index contributed by atoms with van der Waals surface area (Å²) in [6.45, 7) is 10.9. The van der Waals surface area contributed by atoms with Crippen molar-refractivity contribution in [3.63, 3.8) is 0 Å². The van der Waals surface area contributed by atoms with Crippen LogP contribution in [0.15, 0.2) is 24.3 Å². The van der Waals surface area contributed by atoms with Crippen molar-refractivity contribution in [3.05, 3.63) is 29.8 Å². The van der Waals surface area contributed by atoms with Gasteiger partial charge in [0.15, 0.2) is 0 Å². The van der Waals surface area contributed by atoms with E-state index in [0.717, 1.165) is 0 Å². The van der Waals surface area contributed by atoms with Gasteiger partial charge >= 0.3 is 0 Å². The van der Waals surface area contributed by atoms with E-state index in [9.17, 15) is 14.4 Å². The largest absolute Gasteiger partial charge is 0.355 e. The third-order valence-electron chi connectivity index (χ3n) is 4.45. The molecule has 0 spiro atoms. The van der Waals surface area contributed by atoms with Crippen LogP contribution in [0.1, 0.15) is 38.1 Å². The van der Waals surface area contributed by atoms with Gasteiger partial charge in [0.2, 0.25) is 11.8 Å². The third-order valence-corrected chi connectivity index (χ3v) is 4.45. The number of hydrogen-bond acceptors (Lipinski definition) is 4. The SMILES string of the molecule is CCNC(=O)CN1CCN(C(=O)c2cccc(NC(=O)C(C)(C)C)c2)CC1. The topological polar surface area (TPSA) is 81.8 Å². The van der Waals surface area contributed by atoms with Gasteiger partial charge in [-0.05, 0) is 25.1 Å². The van der Waals surface area contributed by atoms with Gasteiger partial charge in [0, 0.05) is 49.4 Å². The molecule has 0 atom stereocenters. The van der Waals surface area contributed by atoms with Gasteiger partial charge in [-0.25, -0.2) is 0 Å². The molecule has 148 valence electrons. The molecular formula is C20H30N4O3. The Bertz CT molecular complexity index is 689. The van der Waals surface area contributed by atoms with Crippen molar-refractivity contribution in [2.75, 3.05) is 44.6 Å². The summed E-state index contributed by atoms with van der Waals surface area (Å²) in [7, 11) is 0. The summed E-state index contributed by atoms with van der Waals surface area (Å²) in [5.41, 5.74) is 0.676. The lowest BCUT2D eigenvalue weighted by Gasteiger charge is -2.34. The number of hydrogen-bond donors (Lipinski definition) is 2. The van der Waals surface area contributed by atoms with Gasteiger partial charge < -0.3 is 15.5 Å². The van der Waals surface area contributed by atoms with Crippen LogP contribution in [0, 0.1) is 5.41 Å². The number of anilines is 1. The van der Waals surface area contributed by atoms with Crippen LogP contribution >= 0.6 is 0 Å². The van der Waals surface area contributed by atoms with Gasteiger partial charge in [-0.1, -0.05) is 26.8 Å². The summed E-state index contributed by atoms with van der Waals surface area (Å²) in [5, 5.41) is 5.65. The first-order valence-corrected chi connectivity index (χ1v) is 9.40. The lowest BCUT2D eigenvalue weighted by molar-refractivity contribution is -0.123. The monoisotopic (exact) mass is 374 g/mol. The molecule has 2 N–H and O–H groups in total. The molecule has 0 aromatic heterocycles. The molecule has 0 radical (unpaired) electrons. The Hall–Kier alpha value is -2.41. The number of benzene rings is 1. The highest BCUT2D eigenvalue weighted by Crippen LogP contribution is 2.19. The number of likely N-dealkylation sites (N-methyl/N-ethyl adjacent to an activating group) is 1. The minimum atomic E-state index is -0.500. The molecule has 3 amide bonds. The molecule has 1 aromatic rings. The van der Waals surface area contributed by atoms with E-state index in [2.05, 4.69) is 15.5 Å². The molecule has 1 aromatic carbocycles. The maximum Gasteiger partial charge on any atom is 0.254 e. The standard InChI is InChI=1S/C20H30N4O3/c1-5-21-17(25)14-23-9-11-24(12-10-23)18(26)15-7-6-8-16(13-15)22-19(27)20(2,3)4/h6-8,13H,5,9-12,14H2,1-4H3,(H,21,25)(H,22,27). The number of piperazine rings is 1. The van der Waals surface area contributed by atoms with Crippen molar-refractivity contribution in [3.8, 4) is 0 Å². The number of carbonyl (C=O) groups is 3. The predicted molar refractivity (Wildman–Crippen MR) is 106 cm³/mol. The first kappa shape index (κ1) is 20.9. The van der Waals surface area contributed by atoms with E-state index in [1.165, 1.54) is 0 Å². The van der Waals surface area contributed by atoms with Gasteiger partial charge in [0.1, 0.15) is 0 Å². The van der Waals surface area contributed by atoms with Gasteiger partial charge in [0.05, 0.1) is 6.54 Å². The number of rotatable bonds is 5. The molecule has 0 aliphatic carbocycles. The molecule has 0 unspecified atom stereocenters. The van der Waals surface area contributed by atoms with Crippen LogP contribution in [0.4, 0.5) is 5.69 Å². The molecule has 1 saturated heterocycles. The Kier molecular flexibility index (Phi) is 6.96. The second kappa shape index (κ2) is 8.99. The molecule has 0 saturated carbocycles. The van der Waals surface area contributed by atoms with E-state index in [1.54, 1.807) is 29.2 Å². The normalized spacial score (nSPS) is 15.3. The molecule has 27 heavy (non-hydrogen) atoms. The van der Waals surface area contributed by atoms with Gasteiger partial charge in [-0.15, -0.1) is 0 Å². The van der Waals surface area contributed by atoms with Crippen molar-refractivity contribution in [1.82, 2.24) is 15.1 Å². The highest BCUT2D eigenvalue weighted by atomic mass is 16.2. The molecule has 0 bridgehead atoms. The molecule has 7 heteroatoms. The molecule has 7 nitrogen and oxygen atoms in total. The zero-order valence-corrected chi connectivity index (χ0v) is 16.7. The van der Waals surface area contributed by atoms with Crippen LogP contribution < -0.4 is 10.6 Å². The van der Waals surface area contributed by atoms with Crippen LogP contribution in [0.5, 0.6) is 0 Å². The van der Waals surface area contributed by atoms with Crippen molar-refractivity contribution >= 4 is 23.4 Å². The summed E-state index contributed by atoms with van der Waals surface area (Å²) >= 11 is 0. The Morgan fingerprint density at radius 1 is 1.07 bits per heavy atom. The first-order chi connectivity index (χ1) is 12.7. The van der Waals surface area contributed by atoms with Crippen molar-refractivity contribution in [2.24, 2.45) is 5.41 Å². The molecule has 1 fully saturated rings. The zero-order chi connectivity index (χ0) is 20.0. The summed E-state index contributed by atoms with van der Waals surface area (Å²) in [4.78, 5) is 40.4. The van der Waals surface area contributed by atoms with E-state index in [0.29, 0.717) is 50.5 Å². The number of nitrogens with zero attached hydrogens (tertiary/aromatic N) is 2. The fraction of sp³-hybridized carbons (Fsp3) is 0.550. The first-order valence-electron chi connectivity index (χ1n) is 9.40. The smallest absolute Gasteiger partial charge is 0.254 e. The lowest BCUT2D eigenvalue weighted by atomic mass is 9.95. The zero-order valence-electron chi connectivity index (χ0n) is 16.7. The van der Waals surface area contributed by atoms with E-state index >= 15 is 0 Å². The maximum absolute atomic E-state index is 12.8. The average Bonchev–Trinajstić information content (AvgIpc) is 2.61. The van der Waals surface area contributed by atoms with Gasteiger partial charge in [0.25, 0.3) is 5.91 Å². The van der Waals surface area contributed by atoms with Crippen LogP contribution in [0.25, 0.3) is 0 Å². The van der Waals surface area contributed by atoms with Crippen molar-refractivity contribution in [2.45, 2.75) is 27.7 Å². The maximum atomic E-state index is 12.8. The van der Waals surface area contributed by atoms with Crippen LogP contribution in [-0.2, 0) is 9.59 Å². The lowest BCUT2D eigenvalue weighted by Crippen LogP contribution is -2.51. The third kappa shape index (κ3) is 6.06. The van der Waals surface area contributed by atoms with E-state index in [-0.39, 0.29) is 17.7 Å². The Balaban J connectivity index is 1.94. The Morgan fingerprint density at radius 3 is 2.33 bits per heavy atom. The summed E-state index contributed by atoms with van der Waals surface area (Å²) in [5.74, 6) is -0.134. The average molecular weight is 374 g/mol. The number of nitrogens with one attached hydrogen (secondary N) is 2. The fourth-order valence-electron chi connectivity index (χ4n) is 2.80. The van der Waals surface area contributed by atoms with Crippen LogP contribution in [0.3, 0.4) is 0 Å². The Labute approximate surface area is 161 Å². The highest BCUT2D eigenvalue weighted by Gasteiger charge is 2.24. The minimum absolute atomic E-state index is 0.0135. The number of amides is 3.